The summed E-state index contributed by atoms with van der Waals surface area (Å²) in [5.74, 6) is -1.17. The van der Waals surface area contributed by atoms with Crippen molar-refractivity contribution in [3.63, 3.8) is 0 Å². The van der Waals surface area contributed by atoms with Crippen molar-refractivity contribution in [3.8, 4) is 6.07 Å². The summed E-state index contributed by atoms with van der Waals surface area (Å²) in [6.07, 6.45) is 4.09. The molecule has 1 heterocycles. The first-order valence-corrected chi connectivity index (χ1v) is 9.87. The number of esters is 1. The standard InChI is InChI=1S/C21H23N5O5/c1-12-13(2)25(14-5-3-4-6-14)20(17(12)10-22)24-19(27)11-31-21(28)16-9-15(26(29)30)7-8-18(16)23/h7-9,14H,3-6,11,23H2,1-2H3,(H,24,27). The maximum Gasteiger partial charge on any atom is 0.341 e. The van der Waals surface area contributed by atoms with Gasteiger partial charge in [-0.15, -0.1) is 0 Å². The number of nitro benzene ring substituents is 1. The lowest BCUT2D eigenvalue weighted by molar-refractivity contribution is -0.384. The normalized spacial score (nSPS) is 13.6. The molecule has 0 bridgehead atoms. The van der Waals surface area contributed by atoms with Crippen molar-refractivity contribution in [1.82, 2.24) is 4.57 Å². The van der Waals surface area contributed by atoms with E-state index < -0.39 is 23.4 Å². The molecule has 2 aromatic rings. The molecular weight excluding hydrogens is 402 g/mol. The zero-order chi connectivity index (χ0) is 22.7. The minimum Gasteiger partial charge on any atom is -0.452 e. The summed E-state index contributed by atoms with van der Waals surface area (Å²) < 4.78 is 6.99. The van der Waals surface area contributed by atoms with E-state index in [9.17, 15) is 25.0 Å². The Morgan fingerprint density at radius 2 is 2.03 bits per heavy atom. The fraction of sp³-hybridized carbons (Fsp3) is 0.381. The monoisotopic (exact) mass is 425 g/mol. The highest BCUT2D eigenvalue weighted by molar-refractivity contribution is 5.99. The maximum absolute atomic E-state index is 12.5. The Morgan fingerprint density at radius 1 is 1.35 bits per heavy atom. The van der Waals surface area contributed by atoms with Crippen LogP contribution in [0.25, 0.3) is 0 Å². The van der Waals surface area contributed by atoms with E-state index in [1.807, 2.05) is 18.4 Å². The molecule has 3 N–H and O–H groups in total. The highest BCUT2D eigenvalue weighted by Crippen LogP contribution is 2.37. The molecule has 1 saturated carbocycles. The number of non-ortho nitro benzene ring substituents is 1. The number of hydrogen-bond acceptors (Lipinski definition) is 7. The molecular formula is C21H23N5O5. The average Bonchev–Trinajstić information content (AvgIpc) is 3.33. The van der Waals surface area contributed by atoms with Crippen molar-refractivity contribution in [3.05, 3.63) is 50.7 Å². The highest BCUT2D eigenvalue weighted by atomic mass is 16.6. The van der Waals surface area contributed by atoms with Crippen LogP contribution in [0.4, 0.5) is 17.2 Å². The third-order valence-electron chi connectivity index (χ3n) is 5.62. The second kappa shape index (κ2) is 8.87. The number of carbonyl (C=O) groups excluding carboxylic acids is 2. The third kappa shape index (κ3) is 4.35. The van der Waals surface area contributed by atoms with Gasteiger partial charge in [-0.1, -0.05) is 12.8 Å². The number of nitriles is 1. The number of hydrogen-bond donors (Lipinski definition) is 2. The quantitative estimate of drug-likeness (QED) is 0.311. The number of nitrogens with one attached hydrogen (secondary N) is 1. The van der Waals surface area contributed by atoms with Gasteiger partial charge in [-0.2, -0.15) is 5.26 Å². The van der Waals surface area contributed by atoms with Crippen LogP contribution in [0.15, 0.2) is 18.2 Å². The molecule has 0 radical (unpaired) electrons. The lowest BCUT2D eigenvalue weighted by Crippen LogP contribution is -2.24. The van der Waals surface area contributed by atoms with Crippen molar-refractivity contribution >= 4 is 29.1 Å². The Morgan fingerprint density at radius 3 is 2.65 bits per heavy atom. The zero-order valence-corrected chi connectivity index (χ0v) is 17.3. The lowest BCUT2D eigenvalue weighted by atomic mass is 10.1. The van der Waals surface area contributed by atoms with E-state index in [0.717, 1.165) is 43.0 Å². The minimum atomic E-state index is -0.949. The molecule has 10 heteroatoms. The molecule has 31 heavy (non-hydrogen) atoms. The van der Waals surface area contributed by atoms with E-state index in [-0.39, 0.29) is 23.0 Å². The molecule has 0 aliphatic heterocycles. The second-order valence-corrected chi connectivity index (χ2v) is 7.51. The molecule has 0 spiro atoms. The summed E-state index contributed by atoms with van der Waals surface area (Å²) in [6.45, 7) is 3.12. The van der Waals surface area contributed by atoms with Crippen LogP contribution in [-0.2, 0) is 9.53 Å². The molecule has 0 saturated heterocycles. The summed E-state index contributed by atoms with van der Waals surface area (Å²) in [6, 6.07) is 5.74. The molecule has 162 valence electrons. The van der Waals surface area contributed by atoms with Gasteiger partial charge in [0, 0.05) is 29.6 Å². The van der Waals surface area contributed by atoms with E-state index in [1.54, 1.807) is 0 Å². The van der Waals surface area contributed by atoms with E-state index in [0.29, 0.717) is 11.4 Å². The Labute approximate surface area is 178 Å². The van der Waals surface area contributed by atoms with Gasteiger partial charge in [0.25, 0.3) is 11.6 Å². The summed E-state index contributed by atoms with van der Waals surface area (Å²) in [7, 11) is 0. The number of benzene rings is 1. The zero-order valence-electron chi connectivity index (χ0n) is 17.3. The first-order chi connectivity index (χ1) is 14.7. The number of amides is 1. The Bertz CT molecular complexity index is 1090. The number of carbonyl (C=O) groups is 2. The summed E-state index contributed by atoms with van der Waals surface area (Å²) in [5.41, 5.74) is 7.29. The minimum absolute atomic E-state index is 0.00383. The average molecular weight is 425 g/mol. The number of nitro groups is 1. The SMILES string of the molecule is Cc1c(C#N)c(NC(=O)COC(=O)c2cc([N+](=O)[O-])ccc2N)n(C2CCCC2)c1C. The van der Waals surface area contributed by atoms with Crippen LogP contribution in [0.3, 0.4) is 0 Å². The maximum atomic E-state index is 12.5. The predicted molar refractivity (Wildman–Crippen MR) is 113 cm³/mol. The molecule has 1 aromatic carbocycles. The third-order valence-corrected chi connectivity index (χ3v) is 5.62. The molecule has 1 aromatic heterocycles. The van der Waals surface area contributed by atoms with Crippen LogP contribution in [0.1, 0.15) is 58.9 Å². The van der Waals surface area contributed by atoms with Crippen molar-refractivity contribution in [2.45, 2.75) is 45.6 Å². The van der Waals surface area contributed by atoms with Crippen molar-refractivity contribution in [2.75, 3.05) is 17.7 Å². The van der Waals surface area contributed by atoms with Gasteiger partial charge in [0.15, 0.2) is 6.61 Å². The fourth-order valence-corrected chi connectivity index (χ4v) is 3.92. The molecule has 10 nitrogen and oxygen atoms in total. The smallest absolute Gasteiger partial charge is 0.341 e. The van der Waals surface area contributed by atoms with Gasteiger partial charge in [0.2, 0.25) is 0 Å². The Balaban J connectivity index is 1.75. The molecule has 0 atom stereocenters. The molecule has 0 unspecified atom stereocenters. The van der Waals surface area contributed by atoms with Crippen LogP contribution in [0.2, 0.25) is 0 Å². The number of nitrogens with two attached hydrogens (primary N) is 1. The van der Waals surface area contributed by atoms with Gasteiger partial charge in [0.1, 0.15) is 11.9 Å². The first-order valence-electron chi connectivity index (χ1n) is 9.87. The van der Waals surface area contributed by atoms with E-state index in [1.165, 1.54) is 12.1 Å². The summed E-state index contributed by atoms with van der Waals surface area (Å²) in [5, 5.41) is 23.2. The molecule has 1 amide bonds. The molecule has 1 aliphatic carbocycles. The topological polar surface area (TPSA) is 153 Å². The van der Waals surface area contributed by atoms with Crippen LogP contribution in [0.5, 0.6) is 0 Å². The van der Waals surface area contributed by atoms with E-state index >= 15 is 0 Å². The second-order valence-electron chi connectivity index (χ2n) is 7.51. The van der Waals surface area contributed by atoms with Gasteiger partial charge in [-0.05, 0) is 38.3 Å². The Hall–Kier alpha value is -3.87. The van der Waals surface area contributed by atoms with Crippen LogP contribution < -0.4 is 11.1 Å². The Kier molecular flexibility index (Phi) is 6.25. The van der Waals surface area contributed by atoms with Gasteiger partial charge < -0.3 is 20.4 Å². The first kappa shape index (κ1) is 21.8. The van der Waals surface area contributed by atoms with Crippen molar-refractivity contribution < 1.29 is 19.2 Å². The van der Waals surface area contributed by atoms with Crippen molar-refractivity contribution in [1.29, 1.82) is 5.26 Å². The molecule has 1 fully saturated rings. The number of nitrogens with zero attached hydrogens (tertiary/aromatic N) is 3. The van der Waals surface area contributed by atoms with Gasteiger partial charge >= 0.3 is 5.97 Å². The van der Waals surface area contributed by atoms with Gasteiger partial charge in [-0.25, -0.2) is 4.79 Å². The van der Waals surface area contributed by atoms with Crippen LogP contribution >= 0.6 is 0 Å². The van der Waals surface area contributed by atoms with Gasteiger partial charge in [-0.3, -0.25) is 14.9 Å². The number of anilines is 2. The molecule has 1 aliphatic rings. The number of ether oxygens (including phenoxy) is 1. The predicted octanol–water partition coefficient (Wildman–Crippen LogP) is 3.38. The van der Waals surface area contributed by atoms with Crippen LogP contribution in [-0.4, -0.2) is 28.0 Å². The number of rotatable bonds is 6. The fourth-order valence-electron chi connectivity index (χ4n) is 3.92. The highest BCUT2D eigenvalue weighted by Gasteiger charge is 2.27. The lowest BCUT2D eigenvalue weighted by Gasteiger charge is -2.19. The van der Waals surface area contributed by atoms with Crippen molar-refractivity contribution in [2.24, 2.45) is 0 Å². The number of aromatic nitrogens is 1. The molecule has 3 rings (SSSR count). The summed E-state index contributed by atoms with van der Waals surface area (Å²) >= 11 is 0. The van der Waals surface area contributed by atoms with E-state index in [2.05, 4.69) is 11.4 Å². The largest absolute Gasteiger partial charge is 0.452 e. The number of nitrogen functional groups attached to an aromatic ring is 1. The summed E-state index contributed by atoms with van der Waals surface area (Å²) in [4.78, 5) is 35.1. The van der Waals surface area contributed by atoms with Gasteiger partial charge in [0.05, 0.1) is 16.1 Å². The van der Waals surface area contributed by atoms with Crippen LogP contribution in [0, 0.1) is 35.3 Å². The van der Waals surface area contributed by atoms with E-state index in [4.69, 9.17) is 10.5 Å².